The lowest BCUT2D eigenvalue weighted by Gasteiger charge is -2.32. The summed E-state index contributed by atoms with van der Waals surface area (Å²) in [5, 5.41) is 0. The maximum Gasteiger partial charge on any atom is 0.494 e. The van der Waals surface area contributed by atoms with Crippen LogP contribution >= 0.6 is 0 Å². The van der Waals surface area contributed by atoms with E-state index in [0.717, 1.165) is 0 Å². The van der Waals surface area contributed by atoms with Crippen molar-refractivity contribution in [2.24, 2.45) is 0 Å². The van der Waals surface area contributed by atoms with E-state index in [-0.39, 0.29) is 29.6 Å². The highest BCUT2D eigenvalue weighted by Gasteiger charge is 2.51. The van der Waals surface area contributed by atoms with Gasteiger partial charge in [0.15, 0.2) is 0 Å². The van der Waals surface area contributed by atoms with Crippen molar-refractivity contribution in [3.05, 3.63) is 30.2 Å². The third-order valence-electron chi connectivity index (χ3n) is 3.01. The maximum atomic E-state index is 7.93. The summed E-state index contributed by atoms with van der Waals surface area (Å²) in [7, 11) is -0.964. The molecule has 1 aromatic carbocycles. The SMILES string of the molecule is [2H]c1c([2H])c([2H])c(B2OC(C)(C)C(C)(C)O2)c([2H])c1[2H]. The lowest BCUT2D eigenvalue weighted by atomic mass is 9.79. The third-order valence-corrected chi connectivity index (χ3v) is 3.01. The van der Waals surface area contributed by atoms with Gasteiger partial charge in [-0.2, -0.15) is 0 Å². The van der Waals surface area contributed by atoms with Crippen molar-refractivity contribution in [3.8, 4) is 0 Å². The van der Waals surface area contributed by atoms with E-state index in [2.05, 4.69) is 0 Å². The molecule has 0 aliphatic carbocycles. The number of benzene rings is 1. The van der Waals surface area contributed by atoms with Gasteiger partial charge in [-0.05, 0) is 33.2 Å². The molecule has 2 rings (SSSR count). The van der Waals surface area contributed by atoms with Crippen LogP contribution in [0.15, 0.2) is 30.2 Å². The molecule has 3 heteroatoms. The van der Waals surface area contributed by atoms with E-state index in [1.165, 1.54) is 0 Å². The van der Waals surface area contributed by atoms with Gasteiger partial charge in [0.25, 0.3) is 0 Å². The molecule has 1 fully saturated rings. The Morgan fingerprint density at radius 3 is 1.93 bits per heavy atom. The Bertz CT molecular complexity index is 528. The van der Waals surface area contributed by atoms with Gasteiger partial charge in [0.1, 0.15) is 0 Å². The van der Waals surface area contributed by atoms with Crippen LogP contribution < -0.4 is 5.46 Å². The lowest BCUT2D eigenvalue weighted by Crippen LogP contribution is -2.41. The second-order valence-corrected chi connectivity index (χ2v) is 4.63. The summed E-state index contributed by atoms with van der Waals surface area (Å²) in [6, 6.07) is -1.74. The largest absolute Gasteiger partial charge is 0.494 e. The van der Waals surface area contributed by atoms with Crippen molar-refractivity contribution in [2.45, 2.75) is 38.9 Å². The molecule has 1 aliphatic rings. The summed E-state index contributed by atoms with van der Waals surface area (Å²) in [5.41, 5.74) is -1.20. The molecule has 0 atom stereocenters. The topological polar surface area (TPSA) is 18.5 Å². The monoisotopic (exact) mass is 209 g/mol. The van der Waals surface area contributed by atoms with Crippen LogP contribution in [0.3, 0.4) is 0 Å². The summed E-state index contributed by atoms with van der Waals surface area (Å²) < 4.78 is 50.3. The predicted molar refractivity (Wildman–Crippen MR) is 62.2 cm³/mol. The Hall–Kier alpha value is -0.795. The highest BCUT2D eigenvalue weighted by Crippen LogP contribution is 2.36. The van der Waals surface area contributed by atoms with Gasteiger partial charge in [-0.3, -0.25) is 0 Å². The molecule has 0 N–H and O–H groups in total. The van der Waals surface area contributed by atoms with E-state index in [1.807, 2.05) is 27.7 Å². The predicted octanol–water partition coefficient (Wildman–Crippen LogP) is 1.99. The number of rotatable bonds is 1. The van der Waals surface area contributed by atoms with Gasteiger partial charge in [0, 0.05) is 0 Å². The highest BCUT2D eigenvalue weighted by atomic mass is 16.7. The van der Waals surface area contributed by atoms with Gasteiger partial charge < -0.3 is 9.31 Å². The van der Waals surface area contributed by atoms with Gasteiger partial charge in [-0.15, -0.1) is 0 Å². The van der Waals surface area contributed by atoms with Gasteiger partial charge >= 0.3 is 7.12 Å². The Balaban J connectivity index is 2.57. The Morgan fingerprint density at radius 2 is 1.47 bits per heavy atom. The van der Waals surface area contributed by atoms with E-state index in [0.29, 0.717) is 0 Å². The van der Waals surface area contributed by atoms with Crippen LogP contribution in [0, 0.1) is 0 Å². The van der Waals surface area contributed by atoms with Crippen LogP contribution in [0.1, 0.15) is 34.5 Å². The fraction of sp³-hybridized carbons (Fsp3) is 0.500. The molecule has 80 valence electrons. The summed E-state index contributed by atoms with van der Waals surface area (Å²) >= 11 is 0. The van der Waals surface area contributed by atoms with E-state index in [1.54, 1.807) is 0 Å². The van der Waals surface area contributed by atoms with Gasteiger partial charge in [-0.1, -0.05) is 30.2 Å². The van der Waals surface area contributed by atoms with Crippen LogP contribution in [-0.4, -0.2) is 18.3 Å². The van der Waals surface area contributed by atoms with Crippen LogP contribution in [0.25, 0.3) is 0 Å². The van der Waals surface area contributed by atoms with Crippen LogP contribution in [0.5, 0.6) is 0 Å². The molecule has 1 aliphatic heterocycles. The van der Waals surface area contributed by atoms with Gasteiger partial charge in [0.05, 0.1) is 18.1 Å². The summed E-state index contributed by atoms with van der Waals surface area (Å²) in [5.74, 6) is 0. The molecule has 0 spiro atoms. The van der Waals surface area contributed by atoms with Gasteiger partial charge in [0.2, 0.25) is 0 Å². The smallest absolute Gasteiger partial charge is 0.399 e. The first-order chi connectivity index (χ1) is 8.99. The number of hydrogen-bond donors (Lipinski definition) is 0. The Morgan fingerprint density at radius 1 is 1.00 bits per heavy atom. The first-order valence-corrected chi connectivity index (χ1v) is 4.92. The second kappa shape index (κ2) is 3.36. The molecule has 0 bridgehead atoms. The highest BCUT2D eigenvalue weighted by molar-refractivity contribution is 6.62. The summed E-state index contributed by atoms with van der Waals surface area (Å²) in [6.07, 6.45) is 0. The fourth-order valence-electron chi connectivity index (χ4n) is 1.34. The summed E-state index contributed by atoms with van der Waals surface area (Å²) in [4.78, 5) is 0. The standard InChI is InChI=1S/C12H17BO2/c1-11(2)12(3,4)15-13(14-11)10-8-6-5-7-9-10/h5-9H,1-4H3/i5D,6D,7D,8D,9D. The minimum atomic E-state index is -0.964. The van der Waals surface area contributed by atoms with Crippen molar-refractivity contribution in [1.29, 1.82) is 0 Å². The molecule has 0 amide bonds. The molecule has 0 radical (unpaired) electrons. The molecule has 15 heavy (non-hydrogen) atoms. The van der Waals surface area contributed by atoms with E-state index in [9.17, 15) is 0 Å². The normalized spacial score (nSPS) is 27.7. The average Bonchev–Trinajstić information content (AvgIpc) is 2.53. The first-order valence-electron chi connectivity index (χ1n) is 7.42. The molecule has 1 saturated heterocycles. The number of hydrogen-bond acceptors (Lipinski definition) is 2. The van der Waals surface area contributed by atoms with E-state index < -0.39 is 24.4 Å². The molecule has 0 aromatic heterocycles. The zero-order valence-corrected chi connectivity index (χ0v) is 9.39. The zero-order valence-electron chi connectivity index (χ0n) is 14.4. The maximum absolute atomic E-state index is 7.93. The zero-order chi connectivity index (χ0) is 15.5. The third kappa shape index (κ3) is 1.82. The average molecular weight is 209 g/mol. The quantitative estimate of drug-likeness (QED) is 0.658. The Labute approximate surface area is 98.8 Å². The Kier molecular flexibility index (Phi) is 1.36. The molecule has 0 unspecified atom stereocenters. The van der Waals surface area contributed by atoms with Crippen molar-refractivity contribution >= 4 is 12.6 Å². The van der Waals surface area contributed by atoms with Crippen molar-refractivity contribution < 1.29 is 16.2 Å². The second-order valence-electron chi connectivity index (χ2n) is 4.63. The lowest BCUT2D eigenvalue weighted by molar-refractivity contribution is 0.00578. The van der Waals surface area contributed by atoms with E-state index >= 15 is 0 Å². The van der Waals surface area contributed by atoms with E-state index in [4.69, 9.17) is 16.2 Å². The van der Waals surface area contributed by atoms with Crippen molar-refractivity contribution in [3.63, 3.8) is 0 Å². The van der Waals surface area contributed by atoms with Crippen molar-refractivity contribution in [2.75, 3.05) is 0 Å². The molecule has 1 aromatic rings. The molecule has 2 nitrogen and oxygen atoms in total. The molecule has 0 saturated carbocycles. The van der Waals surface area contributed by atoms with Crippen LogP contribution in [-0.2, 0) is 9.31 Å². The minimum Gasteiger partial charge on any atom is -0.399 e. The van der Waals surface area contributed by atoms with Gasteiger partial charge in [-0.25, -0.2) is 0 Å². The van der Waals surface area contributed by atoms with Crippen LogP contribution in [0.4, 0.5) is 0 Å². The molecular weight excluding hydrogens is 187 g/mol. The molecular formula is C12H17BO2. The fourth-order valence-corrected chi connectivity index (χ4v) is 1.34. The first kappa shape index (κ1) is 6.07. The van der Waals surface area contributed by atoms with Crippen LogP contribution in [0.2, 0.25) is 0 Å². The summed E-state index contributed by atoms with van der Waals surface area (Å²) in [6.45, 7) is 7.40. The van der Waals surface area contributed by atoms with Crippen molar-refractivity contribution in [1.82, 2.24) is 0 Å². The minimum absolute atomic E-state index is 0.0506. The molecule has 1 heterocycles.